The van der Waals surface area contributed by atoms with Gasteiger partial charge in [0.1, 0.15) is 0 Å². The summed E-state index contributed by atoms with van der Waals surface area (Å²) in [4.78, 5) is 4.40. The molecule has 0 aliphatic heterocycles. The van der Waals surface area contributed by atoms with Crippen LogP contribution in [-0.4, -0.2) is 23.7 Å². The number of aromatic nitrogens is 2. The second-order valence-corrected chi connectivity index (χ2v) is 3.88. The quantitative estimate of drug-likeness (QED) is 0.723. The summed E-state index contributed by atoms with van der Waals surface area (Å²) in [5, 5.41) is 7.08. The molecule has 78 valence electrons. The van der Waals surface area contributed by atoms with Crippen molar-refractivity contribution in [3.05, 3.63) is 11.7 Å². The van der Waals surface area contributed by atoms with Crippen LogP contribution in [0.1, 0.15) is 43.3 Å². The van der Waals surface area contributed by atoms with Crippen molar-refractivity contribution in [1.29, 1.82) is 0 Å². The predicted octanol–water partition coefficient (Wildman–Crippen LogP) is 1.49. The van der Waals surface area contributed by atoms with Crippen molar-refractivity contribution in [2.45, 2.75) is 38.0 Å². The van der Waals surface area contributed by atoms with E-state index < -0.39 is 0 Å². The Morgan fingerprint density at radius 1 is 1.50 bits per heavy atom. The lowest BCUT2D eigenvalue weighted by atomic mass is 9.85. The highest BCUT2D eigenvalue weighted by Gasteiger charge is 2.25. The summed E-state index contributed by atoms with van der Waals surface area (Å²) < 4.78 is 5.22. The molecule has 1 aromatic rings. The van der Waals surface area contributed by atoms with Gasteiger partial charge >= 0.3 is 0 Å². The number of nitrogens with one attached hydrogen (secondary N) is 1. The average Bonchev–Trinajstić information content (AvgIpc) is 2.51. The van der Waals surface area contributed by atoms with Crippen LogP contribution in [0.2, 0.25) is 0 Å². The van der Waals surface area contributed by atoms with Crippen LogP contribution >= 0.6 is 0 Å². The maximum absolute atomic E-state index is 5.22. The third kappa shape index (κ3) is 2.12. The van der Waals surface area contributed by atoms with Gasteiger partial charge < -0.3 is 9.84 Å². The fourth-order valence-corrected chi connectivity index (χ4v) is 1.61. The SMILES string of the molecule is CNCCCc1noc(C2CCC2)n1. The molecule has 1 fully saturated rings. The smallest absolute Gasteiger partial charge is 0.229 e. The molecule has 14 heavy (non-hydrogen) atoms. The van der Waals surface area contributed by atoms with E-state index in [1.165, 1.54) is 19.3 Å². The van der Waals surface area contributed by atoms with Gasteiger partial charge in [-0.2, -0.15) is 4.98 Å². The van der Waals surface area contributed by atoms with E-state index in [0.717, 1.165) is 31.1 Å². The van der Waals surface area contributed by atoms with Crippen molar-refractivity contribution in [2.75, 3.05) is 13.6 Å². The first-order valence-corrected chi connectivity index (χ1v) is 5.37. The molecule has 1 N–H and O–H groups in total. The zero-order valence-electron chi connectivity index (χ0n) is 8.62. The third-order valence-electron chi connectivity index (χ3n) is 2.77. The predicted molar refractivity (Wildman–Crippen MR) is 53.1 cm³/mol. The summed E-state index contributed by atoms with van der Waals surface area (Å²) in [5.74, 6) is 2.28. The van der Waals surface area contributed by atoms with E-state index in [1.807, 2.05) is 7.05 Å². The van der Waals surface area contributed by atoms with Crippen LogP contribution in [0.25, 0.3) is 0 Å². The lowest BCUT2D eigenvalue weighted by Gasteiger charge is -2.20. The third-order valence-corrected chi connectivity index (χ3v) is 2.77. The van der Waals surface area contributed by atoms with Crippen molar-refractivity contribution < 1.29 is 4.52 Å². The van der Waals surface area contributed by atoms with E-state index in [4.69, 9.17) is 4.52 Å². The van der Waals surface area contributed by atoms with Crippen LogP contribution in [-0.2, 0) is 6.42 Å². The lowest BCUT2D eigenvalue weighted by molar-refractivity contribution is 0.291. The van der Waals surface area contributed by atoms with Crippen LogP contribution < -0.4 is 5.32 Å². The van der Waals surface area contributed by atoms with Crippen LogP contribution in [0.15, 0.2) is 4.52 Å². The molecule has 0 amide bonds. The molecule has 0 bridgehead atoms. The molecule has 0 aromatic carbocycles. The van der Waals surface area contributed by atoms with Gasteiger partial charge in [-0.25, -0.2) is 0 Å². The van der Waals surface area contributed by atoms with Crippen molar-refractivity contribution >= 4 is 0 Å². The molecular formula is C10H17N3O. The largest absolute Gasteiger partial charge is 0.339 e. The van der Waals surface area contributed by atoms with E-state index in [-0.39, 0.29) is 0 Å². The van der Waals surface area contributed by atoms with Crippen molar-refractivity contribution in [1.82, 2.24) is 15.5 Å². The van der Waals surface area contributed by atoms with Crippen molar-refractivity contribution in [2.24, 2.45) is 0 Å². The Bertz CT molecular complexity index is 281. The Morgan fingerprint density at radius 3 is 3.00 bits per heavy atom. The van der Waals surface area contributed by atoms with Crippen LogP contribution in [0, 0.1) is 0 Å². The van der Waals surface area contributed by atoms with Gasteiger partial charge in [0.2, 0.25) is 5.89 Å². The second-order valence-electron chi connectivity index (χ2n) is 3.88. The molecule has 0 unspecified atom stereocenters. The van der Waals surface area contributed by atoms with Gasteiger partial charge in [-0.15, -0.1) is 0 Å². The molecule has 1 aliphatic carbocycles. The summed E-state index contributed by atoms with van der Waals surface area (Å²) >= 11 is 0. The van der Waals surface area contributed by atoms with Crippen LogP contribution in [0.3, 0.4) is 0 Å². The molecule has 2 rings (SSSR count). The van der Waals surface area contributed by atoms with Gasteiger partial charge in [-0.3, -0.25) is 0 Å². The van der Waals surface area contributed by atoms with Crippen LogP contribution in [0.5, 0.6) is 0 Å². The minimum absolute atomic E-state index is 0.556. The molecule has 1 saturated carbocycles. The lowest BCUT2D eigenvalue weighted by Crippen LogP contribution is -2.10. The Balaban J connectivity index is 1.83. The summed E-state index contributed by atoms with van der Waals surface area (Å²) in [6.45, 7) is 1.01. The maximum atomic E-state index is 5.22. The Morgan fingerprint density at radius 2 is 2.36 bits per heavy atom. The molecule has 1 aliphatic rings. The van der Waals surface area contributed by atoms with Gasteiger partial charge in [0.05, 0.1) is 0 Å². The Kier molecular flexibility index (Phi) is 3.14. The molecule has 1 heterocycles. The standard InChI is InChI=1S/C10H17N3O/c1-11-7-3-6-9-12-10(14-13-9)8-4-2-5-8/h8,11H,2-7H2,1H3. The monoisotopic (exact) mass is 195 g/mol. The Hall–Kier alpha value is -0.900. The summed E-state index contributed by atoms with van der Waals surface area (Å²) in [7, 11) is 1.95. The van der Waals surface area contributed by atoms with Crippen molar-refractivity contribution in [3.8, 4) is 0 Å². The molecule has 1 aromatic heterocycles. The molecule has 0 atom stereocenters. The highest BCUT2D eigenvalue weighted by molar-refractivity contribution is 4.98. The summed E-state index contributed by atoms with van der Waals surface area (Å²) in [6.07, 6.45) is 5.73. The number of hydrogen-bond acceptors (Lipinski definition) is 4. The molecule has 0 saturated heterocycles. The molecule has 0 spiro atoms. The fourth-order valence-electron chi connectivity index (χ4n) is 1.61. The number of rotatable bonds is 5. The zero-order valence-corrected chi connectivity index (χ0v) is 8.62. The van der Waals surface area contributed by atoms with E-state index in [1.54, 1.807) is 0 Å². The number of aryl methyl sites for hydroxylation is 1. The van der Waals surface area contributed by atoms with E-state index in [2.05, 4.69) is 15.5 Å². The molecule has 4 nitrogen and oxygen atoms in total. The average molecular weight is 195 g/mol. The van der Waals surface area contributed by atoms with E-state index >= 15 is 0 Å². The van der Waals surface area contributed by atoms with Crippen LogP contribution in [0.4, 0.5) is 0 Å². The fraction of sp³-hybridized carbons (Fsp3) is 0.800. The summed E-state index contributed by atoms with van der Waals surface area (Å²) in [6, 6.07) is 0. The highest BCUT2D eigenvalue weighted by atomic mass is 16.5. The molecule has 0 radical (unpaired) electrons. The van der Waals surface area contributed by atoms with Gasteiger partial charge in [-0.05, 0) is 32.9 Å². The molecule has 4 heteroatoms. The highest BCUT2D eigenvalue weighted by Crippen LogP contribution is 2.35. The van der Waals surface area contributed by atoms with Crippen molar-refractivity contribution in [3.63, 3.8) is 0 Å². The van der Waals surface area contributed by atoms with E-state index in [9.17, 15) is 0 Å². The van der Waals surface area contributed by atoms with Gasteiger partial charge in [-0.1, -0.05) is 11.6 Å². The van der Waals surface area contributed by atoms with Gasteiger partial charge in [0.25, 0.3) is 0 Å². The first-order chi connectivity index (χ1) is 6.90. The number of nitrogens with zero attached hydrogens (tertiary/aromatic N) is 2. The minimum atomic E-state index is 0.556. The number of hydrogen-bond donors (Lipinski definition) is 1. The minimum Gasteiger partial charge on any atom is -0.339 e. The summed E-state index contributed by atoms with van der Waals surface area (Å²) in [5.41, 5.74) is 0. The first-order valence-electron chi connectivity index (χ1n) is 5.37. The zero-order chi connectivity index (χ0) is 9.80. The van der Waals surface area contributed by atoms with Gasteiger partial charge in [0, 0.05) is 12.3 Å². The molecular weight excluding hydrogens is 178 g/mol. The van der Waals surface area contributed by atoms with Gasteiger partial charge in [0.15, 0.2) is 5.82 Å². The Labute approximate surface area is 84.1 Å². The first kappa shape index (κ1) is 9.65. The normalized spacial score (nSPS) is 16.9. The maximum Gasteiger partial charge on any atom is 0.229 e. The van der Waals surface area contributed by atoms with E-state index in [0.29, 0.717) is 5.92 Å². The second kappa shape index (κ2) is 4.55. The topological polar surface area (TPSA) is 51.0 Å².